The van der Waals surface area contributed by atoms with Crippen LogP contribution in [0.5, 0.6) is 0 Å². The maximum absolute atomic E-state index is 13.8. The molecule has 1 aromatic rings. The van der Waals surface area contributed by atoms with Crippen LogP contribution in [0.25, 0.3) is 0 Å². The molecule has 214 valence electrons. The van der Waals surface area contributed by atoms with Gasteiger partial charge in [-0.3, -0.25) is 19.7 Å². The Balaban J connectivity index is 1.33. The van der Waals surface area contributed by atoms with E-state index < -0.39 is 12.1 Å². The lowest BCUT2D eigenvalue weighted by molar-refractivity contribution is -0.145. The molecular formula is C28H41N5O5S. The van der Waals surface area contributed by atoms with Crippen molar-refractivity contribution in [1.29, 1.82) is 0 Å². The van der Waals surface area contributed by atoms with E-state index in [4.69, 9.17) is 15.7 Å². The van der Waals surface area contributed by atoms with Gasteiger partial charge in [0.2, 0.25) is 11.8 Å². The number of thiophene rings is 1. The van der Waals surface area contributed by atoms with E-state index in [-0.39, 0.29) is 42.6 Å². The first-order valence-electron chi connectivity index (χ1n) is 14.2. The fourth-order valence-electron chi connectivity index (χ4n) is 5.83. The molecule has 0 bridgehead atoms. The fraction of sp³-hybridized carbons (Fsp3) is 0.643. The lowest BCUT2D eigenvalue weighted by Gasteiger charge is -2.34. The lowest BCUT2D eigenvalue weighted by Crippen LogP contribution is -2.56. The van der Waals surface area contributed by atoms with Crippen molar-refractivity contribution < 1.29 is 24.3 Å². The zero-order valence-electron chi connectivity index (χ0n) is 22.5. The van der Waals surface area contributed by atoms with Crippen LogP contribution in [0, 0.1) is 11.8 Å². The molecule has 1 unspecified atom stereocenters. The molecule has 3 aliphatic rings. The van der Waals surface area contributed by atoms with Crippen molar-refractivity contribution in [1.82, 2.24) is 15.5 Å². The number of hydrogen-bond acceptors (Lipinski definition) is 8. The average Bonchev–Trinajstić information content (AvgIpc) is 3.66. The highest BCUT2D eigenvalue weighted by molar-refractivity contribution is 7.14. The minimum Gasteiger partial charge on any atom is -0.464 e. The van der Waals surface area contributed by atoms with Crippen LogP contribution in [-0.2, 0) is 25.7 Å². The second-order valence-corrected chi connectivity index (χ2v) is 11.9. The van der Waals surface area contributed by atoms with E-state index in [1.54, 1.807) is 17.0 Å². The molecule has 1 aromatic heterocycles. The third-order valence-corrected chi connectivity index (χ3v) is 9.13. The molecule has 1 aliphatic heterocycles. The summed E-state index contributed by atoms with van der Waals surface area (Å²) in [6.45, 7) is 1.05. The third-order valence-electron chi connectivity index (χ3n) is 8.03. The van der Waals surface area contributed by atoms with Gasteiger partial charge in [-0.1, -0.05) is 55.8 Å². The van der Waals surface area contributed by atoms with Gasteiger partial charge >= 0.3 is 5.97 Å². The number of carbonyl (C=O) groups excluding carboxylic acids is 3. The van der Waals surface area contributed by atoms with E-state index in [9.17, 15) is 14.4 Å². The molecule has 4 rings (SSSR count). The molecule has 0 saturated heterocycles. The quantitative estimate of drug-likeness (QED) is 0.0814. The molecule has 11 heteroatoms. The molecule has 2 amide bonds. The van der Waals surface area contributed by atoms with Crippen molar-refractivity contribution in [2.75, 3.05) is 19.7 Å². The highest BCUT2D eigenvalue weighted by Crippen LogP contribution is 2.29. The fourth-order valence-corrected chi connectivity index (χ4v) is 6.67. The SMILES string of the molecule is N/C(=N\O)c1ccc(CNC(=O)C2C=CCN2C(=O)[C@@H](NCC(=O)OCC2CCCCC2)C2CCCCC2)s1. The maximum atomic E-state index is 13.8. The summed E-state index contributed by atoms with van der Waals surface area (Å²) >= 11 is 1.32. The lowest BCUT2D eigenvalue weighted by atomic mass is 9.83. The van der Waals surface area contributed by atoms with E-state index in [2.05, 4.69) is 15.8 Å². The van der Waals surface area contributed by atoms with Crippen molar-refractivity contribution >= 4 is 35.0 Å². The van der Waals surface area contributed by atoms with Crippen LogP contribution >= 0.6 is 11.3 Å². The number of nitrogens with one attached hydrogen (secondary N) is 2. The van der Waals surface area contributed by atoms with Crippen LogP contribution in [0.2, 0.25) is 0 Å². The van der Waals surface area contributed by atoms with Crippen molar-refractivity contribution in [3.05, 3.63) is 34.0 Å². The first kappa shape index (κ1) is 29.1. The number of nitrogens with zero attached hydrogens (tertiary/aromatic N) is 2. The topological polar surface area (TPSA) is 146 Å². The number of amides is 2. The number of oxime groups is 1. The molecule has 2 aliphatic carbocycles. The van der Waals surface area contributed by atoms with Gasteiger partial charge in [-0.25, -0.2) is 0 Å². The van der Waals surface area contributed by atoms with E-state index >= 15 is 0 Å². The second kappa shape index (κ2) is 14.5. The highest BCUT2D eigenvalue weighted by Gasteiger charge is 2.38. The van der Waals surface area contributed by atoms with Crippen molar-refractivity contribution in [3.8, 4) is 0 Å². The zero-order valence-corrected chi connectivity index (χ0v) is 23.3. The summed E-state index contributed by atoms with van der Waals surface area (Å²) in [5, 5.41) is 18.0. The van der Waals surface area contributed by atoms with Gasteiger partial charge in [-0.2, -0.15) is 0 Å². The number of amidine groups is 1. The molecule has 5 N–H and O–H groups in total. The van der Waals surface area contributed by atoms with Gasteiger partial charge in [0.15, 0.2) is 5.84 Å². The van der Waals surface area contributed by atoms with Crippen LogP contribution in [0.1, 0.15) is 74.0 Å². The Kier molecular flexibility index (Phi) is 10.8. The van der Waals surface area contributed by atoms with Crippen LogP contribution in [0.15, 0.2) is 29.4 Å². The Bertz CT molecular complexity index is 1040. The molecule has 0 aromatic carbocycles. The molecule has 0 radical (unpaired) electrons. The van der Waals surface area contributed by atoms with E-state index in [0.717, 1.165) is 49.8 Å². The minimum absolute atomic E-state index is 0.0151. The first-order valence-corrected chi connectivity index (χ1v) is 15.0. The number of hydrogen-bond donors (Lipinski definition) is 4. The van der Waals surface area contributed by atoms with E-state index in [1.807, 2.05) is 12.1 Å². The summed E-state index contributed by atoms with van der Waals surface area (Å²) in [5.41, 5.74) is 5.63. The average molecular weight is 560 g/mol. The Labute approximate surface area is 234 Å². The van der Waals surface area contributed by atoms with Gasteiger partial charge in [-0.05, 0) is 49.7 Å². The van der Waals surface area contributed by atoms with Gasteiger partial charge in [0, 0.05) is 11.4 Å². The Hall–Kier alpha value is -2.92. The molecule has 2 heterocycles. The van der Waals surface area contributed by atoms with Crippen molar-refractivity contribution in [3.63, 3.8) is 0 Å². The molecular weight excluding hydrogens is 518 g/mol. The number of ether oxygens (including phenoxy) is 1. The smallest absolute Gasteiger partial charge is 0.319 e. The van der Waals surface area contributed by atoms with Gasteiger partial charge in [0.25, 0.3) is 0 Å². The van der Waals surface area contributed by atoms with Gasteiger partial charge in [0.05, 0.1) is 30.6 Å². The largest absolute Gasteiger partial charge is 0.464 e. The monoisotopic (exact) mass is 559 g/mol. The number of rotatable bonds is 11. The third kappa shape index (κ3) is 8.04. The van der Waals surface area contributed by atoms with E-state index in [0.29, 0.717) is 23.9 Å². The van der Waals surface area contributed by atoms with Crippen LogP contribution in [-0.4, -0.2) is 65.5 Å². The van der Waals surface area contributed by atoms with E-state index in [1.165, 1.54) is 30.6 Å². The molecule has 10 nitrogen and oxygen atoms in total. The summed E-state index contributed by atoms with van der Waals surface area (Å²) in [6.07, 6.45) is 14.5. The number of esters is 1. The van der Waals surface area contributed by atoms with Gasteiger partial charge in [-0.15, -0.1) is 11.3 Å². The summed E-state index contributed by atoms with van der Waals surface area (Å²) in [4.78, 5) is 42.5. The summed E-state index contributed by atoms with van der Waals surface area (Å²) in [5.74, 6) is -0.181. The normalized spacial score (nSPS) is 21.6. The number of carbonyl (C=O) groups is 3. The van der Waals surface area contributed by atoms with Crippen LogP contribution in [0.4, 0.5) is 0 Å². The summed E-state index contributed by atoms with van der Waals surface area (Å²) < 4.78 is 5.55. The Morgan fingerprint density at radius 3 is 2.54 bits per heavy atom. The minimum atomic E-state index is -0.716. The Morgan fingerprint density at radius 2 is 1.82 bits per heavy atom. The summed E-state index contributed by atoms with van der Waals surface area (Å²) in [7, 11) is 0. The standard InChI is InChI=1S/C28H41N5O5S/c29-26(32-37)23-14-13-21(39-23)16-31-27(35)22-12-7-15-33(22)28(36)25(20-10-5-2-6-11-20)30-17-24(34)38-18-19-8-3-1-4-9-19/h7,12-14,19-20,22,25,30,37H,1-6,8-11,15-18H2,(H2,29,32)(H,31,35)/t22?,25-/m0/s1. The van der Waals surface area contributed by atoms with Crippen molar-refractivity contribution in [2.24, 2.45) is 22.7 Å². The maximum Gasteiger partial charge on any atom is 0.319 e. The van der Waals surface area contributed by atoms with Gasteiger partial charge < -0.3 is 25.9 Å². The van der Waals surface area contributed by atoms with Crippen LogP contribution < -0.4 is 16.4 Å². The van der Waals surface area contributed by atoms with Crippen molar-refractivity contribution in [2.45, 2.75) is 82.8 Å². The van der Waals surface area contributed by atoms with Crippen LogP contribution in [0.3, 0.4) is 0 Å². The molecule has 0 spiro atoms. The van der Waals surface area contributed by atoms with Gasteiger partial charge in [0.1, 0.15) is 6.04 Å². The number of nitrogens with two attached hydrogens (primary N) is 1. The molecule has 39 heavy (non-hydrogen) atoms. The zero-order chi connectivity index (χ0) is 27.6. The predicted molar refractivity (Wildman–Crippen MR) is 149 cm³/mol. The highest BCUT2D eigenvalue weighted by atomic mass is 32.1. The molecule has 2 atom stereocenters. The summed E-state index contributed by atoms with van der Waals surface area (Å²) in [6, 6.07) is 2.28. The molecule has 2 fully saturated rings. The Morgan fingerprint density at radius 1 is 1.10 bits per heavy atom. The second-order valence-electron chi connectivity index (χ2n) is 10.8. The molecule has 2 saturated carbocycles. The predicted octanol–water partition coefficient (Wildman–Crippen LogP) is 2.89. The first-order chi connectivity index (χ1) is 19.0.